The largest absolute Gasteiger partial charge is 0.352 e. The van der Waals surface area contributed by atoms with Crippen molar-refractivity contribution in [3.63, 3.8) is 0 Å². The molecule has 21 heavy (non-hydrogen) atoms. The van der Waals surface area contributed by atoms with Crippen molar-refractivity contribution in [1.29, 1.82) is 0 Å². The molecule has 0 saturated carbocycles. The lowest BCUT2D eigenvalue weighted by Gasteiger charge is -2.08. The first-order valence-corrected chi connectivity index (χ1v) is 7.56. The van der Waals surface area contributed by atoms with Gasteiger partial charge in [0.2, 0.25) is 0 Å². The summed E-state index contributed by atoms with van der Waals surface area (Å²) >= 11 is 5.94. The van der Waals surface area contributed by atoms with Gasteiger partial charge in [-0.2, -0.15) is 0 Å². The molecule has 2 nitrogen and oxygen atoms in total. The van der Waals surface area contributed by atoms with Crippen LogP contribution in [-0.2, 0) is 6.42 Å². The van der Waals surface area contributed by atoms with Crippen molar-refractivity contribution >= 4 is 17.5 Å². The third-order valence-electron chi connectivity index (χ3n) is 3.43. The molecule has 0 spiro atoms. The molecule has 2 aromatic carbocycles. The number of amides is 1. The maximum atomic E-state index is 12.0. The molecule has 0 fully saturated rings. The van der Waals surface area contributed by atoms with E-state index >= 15 is 0 Å². The van der Waals surface area contributed by atoms with E-state index in [1.54, 1.807) is 0 Å². The lowest BCUT2D eigenvalue weighted by atomic mass is 10.0. The number of carbonyl (C=O) groups excluding carboxylic acids is 1. The van der Waals surface area contributed by atoms with Crippen molar-refractivity contribution < 1.29 is 4.79 Å². The number of nitrogens with one attached hydrogen (secondary N) is 1. The summed E-state index contributed by atoms with van der Waals surface area (Å²) in [4.78, 5) is 12.0. The minimum Gasteiger partial charge on any atom is -0.352 e. The van der Waals surface area contributed by atoms with Gasteiger partial charge in [-0.3, -0.25) is 4.79 Å². The summed E-state index contributed by atoms with van der Waals surface area (Å²) in [5, 5.41) is 3.66. The van der Waals surface area contributed by atoms with Gasteiger partial charge in [-0.05, 0) is 47.7 Å². The first-order valence-electron chi connectivity index (χ1n) is 7.19. The quantitative estimate of drug-likeness (QED) is 0.869. The van der Waals surface area contributed by atoms with Gasteiger partial charge in [0.05, 0.1) is 0 Å². The predicted octanol–water partition coefficient (Wildman–Crippen LogP) is 4.44. The second-order valence-electron chi connectivity index (χ2n) is 5.41. The van der Waals surface area contributed by atoms with Crippen molar-refractivity contribution in [3.05, 3.63) is 70.2 Å². The molecule has 0 heterocycles. The Morgan fingerprint density at radius 1 is 1.14 bits per heavy atom. The molecule has 1 amide bonds. The Bertz CT molecular complexity index is 605. The average Bonchev–Trinajstić information content (AvgIpc) is 2.47. The smallest absolute Gasteiger partial charge is 0.251 e. The van der Waals surface area contributed by atoms with Crippen molar-refractivity contribution in [1.82, 2.24) is 5.32 Å². The Kier molecular flexibility index (Phi) is 5.40. The molecule has 0 aliphatic heterocycles. The van der Waals surface area contributed by atoms with Gasteiger partial charge in [0.25, 0.3) is 5.91 Å². The zero-order chi connectivity index (χ0) is 15.2. The minimum atomic E-state index is -0.0349. The van der Waals surface area contributed by atoms with Gasteiger partial charge >= 0.3 is 0 Å². The van der Waals surface area contributed by atoms with E-state index in [-0.39, 0.29) is 5.91 Å². The van der Waals surface area contributed by atoms with Gasteiger partial charge in [-0.15, -0.1) is 0 Å². The number of halogens is 1. The highest BCUT2D eigenvalue weighted by molar-refractivity contribution is 6.30. The predicted molar refractivity (Wildman–Crippen MR) is 88.0 cm³/mol. The monoisotopic (exact) mass is 301 g/mol. The summed E-state index contributed by atoms with van der Waals surface area (Å²) in [7, 11) is 0. The van der Waals surface area contributed by atoms with E-state index in [4.69, 9.17) is 11.6 Å². The molecular formula is C18H20ClNO. The molecule has 0 aliphatic rings. The second-order valence-corrected chi connectivity index (χ2v) is 5.85. The summed E-state index contributed by atoms with van der Waals surface area (Å²) in [6.45, 7) is 4.88. The second kappa shape index (κ2) is 7.28. The number of hydrogen-bond donors (Lipinski definition) is 1. The highest BCUT2D eigenvalue weighted by Crippen LogP contribution is 2.14. The Labute approximate surface area is 131 Å². The molecule has 1 N–H and O–H groups in total. The molecule has 0 atom stereocenters. The standard InChI is InChI=1S/C18H20ClNO/c1-13(2)15-6-8-16(9-7-15)18(21)20-11-10-14-4-3-5-17(19)12-14/h3-9,12-13H,10-11H2,1-2H3,(H,20,21). The number of rotatable bonds is 5. The van der Waals surface area contributed by atoms with Crippen LogP contribution in [0.3, 0.4) is 0 Å². The maximum Gasteiger partial charge on any atom is 0.251 e. The van der Waals surface area contributed by atoms with Crippen LogP contribution in [-0.4, -0.2) is 12.5 Å². The highest BCUT2D eigenvalue weighted by Gasteiger charge is 2.06. The third-order valence-corrected chi connectivity index (χ3v) is 3.66. The fourth-order valence-corrected chi connectivity index (χ4v) is 2.35. The average molecular weight is 302 g/mol. The molecular weight excluding hydrogens is 282 g/mol. The molecule has 0 bridgehead atoms. The fourth-order valence-electron chi connectivity index (χ4n) is 2.13. The SMILES string of the molecule is CC(C)c1ccc(C(=O)NCCc2cccc(Cl)c2)cc1. The van der Waals surface area contributed by atoms with Crippen molar-refractivity contribution in [2.45, 2.75) is 26.2 Å². The van der Waals surface area contributed by atoms with Gasteiger partial charge in [-0.1, -0.05) is 49.7 Å². The Balaban J connectivity index is 1.87. The van der Waals surface area contributed by atoms with E-state index in [0.29, 0.717) is 18.0 Å². The highest BCUT2D eigenvalue weighted by atomic mass is 35.5. The lowest BCUT2D eigenvalue weighted by molar-refractivity contribution is 0.0954. The van der Waals surface area contributed by atoms with E-state index in [2.05, 4.69) is 19.2 Å². The Morgan fingerprint density at radius 3 is 2.48 bits per heavy atom. The van der Waals surface area contributed by atoms with Gasteiger partial charge in [0.1, 0.15) is 0 Å². The first kappa shape index (κ1) is 15.6. The van der Waals surface area contributed by atoms with Crippen LogP contribution in [0, 0.1) is 0 Å². The van der Waals surface area contributed by atoms with E-state index in [9.17, 15) is 4.79 Å². The van der Waals surface area contributed by atoms with Crippen molar-refractivity contribution in [2.75, 3.05) is 6.54 Å². The van der Waals surface area contributed by atoms with Crippen LogP contribution in [0.25, 0.3) is 0 Å². The Hall–Kier alpha value is -1.80. The fraction of sp³-hybridized carbons (Fsp3) is 0.278. The van der Waals surface area contributed by atoms with Crippen molar-refractivity contribution in [2.24, 2.45) is 0 Å². The van der Waals surface area contributed by atoms with E-state index in [1.165, 1.54) is 5.56 Å². The molecule has 0 aliphatic carbocycles. The van der Waals surface area contributed by atoms with Crippen LogP contribution in [0.5, 0.6) is 0 Å². The van der Waals surface area contributed by atoms with Gasteiger partial charge in [0, 0.05) is 17.1 Å². The molecule has 0 radical (unpaired) electrons. The summed E-state index contributed by atoms with van der Waals surface area (Å²) in [5.41, 5.74) is 3.06. The van der Waals surface area contributed by atoms with E-state index in [0.717, 1.165) is 17.0 Å². The minimum absolute atomic E-state index is 0.0349. The zero-order valence-electron chi connectivity index (χ0n) is 12.4. The topological polar surface area (TPSA) is 29.1 Å². The molecule has 0 unspecified atom stereocenters. The zero-order valence-corrected chi connectivity index (χ0v) is 13.2. The number of hydrogen-bond acceptors (Lipinski definition) is 1. The maximum absolute atomic E-state index is 12.0. The van der Waals surface area contributed by atoms with Crippen LogP contribution in [0.4, 0.5) is 0 Å². The number of benzene rings is 2. The van der Waals surface area contributed by atoms with Crippen LogP contribution < -0.4 is 5.32 Å². The molecule has 0 saturated heterocycles. The van der Waals surface area contributed by atoms with Gasteiger partial charge in [0.15, 0.2) is 0 Å². The molecule has 2 aromatic rings. The van der Waals surface area contributed by atoms with E-state index < -0.39 is 0 Å². The summed E-state index contributed by atoms with van der Waals surface area (Å²) in [5.74, 6) is 0.442. The normalized spacial score (nSPS) is 10.7. The van der Waals surface area contributed by atoms with Gasteiger partial charge < -0.3 is 5.32 Å². The number of carbonyl (C=O) groups is 1. The third kappa shape index (κ3) is 4.61. The van der Waals surface area contributed by atoms with Crippen LogP contribution in [0.15, 0.2) is 48.5 Å². The van der Waals surface area contributed by atoms with Gasteiger partial charge in [-0.25, -0.2) is 0 Å². The van der Waals surface area contributed by atoms with Crippen molar-refractivity contribution in [3.8, 4) is 0 Å². The van der Waals surface area contributed by atoms with Crippen LogP contribution in [0.1, 0.15) is 41.3 Å². The lowest BCUT2D eigenvalue weighted by Crippen LogP contribution is -2.25. The Morgan fingerprint density at radius 2 is 1.86 bits per heavy atom. The summed E-state index contributed by atoms with van der Waals surface area (Å²) < 4.78 is 0. The molecule has 2 rings (SSSR count). The molecule has 3 heteroatoms. The molecule has 0 aromatic heterocycles. The summed E-state index contributed by atoms with van der Waals surface area (Å²) in [6, 6.07) is 15.5. The van der Waals surface area contributed by atoms with E-state index in [1.807, 2.05) is 48.5 Å². The van der Waals surface area contributed by atoms with Crippen LogP contribution >= 0.6 is 11.6 Å². The van der Waals surface area contributed by atoms with Crippen LogP contribution in [0.2, 0.25) is 5.02 Å². The first-order chi connectivity index (χ1) is 10.1. The molecule has 110 valence electrons. The summed E-state index contributed by atoms with van der Waals surface area (Å²) in [6.07, 6.45) is 0.774.